The maximum absolute atomic E-state index is 12.4. The minimum atomic E-state index is -0.211. The first-order valence-electron chi connectivity index (χ1n) is 8.71. The predicted molar refractivity (Wildman–Crippen MR) is 101 cm³/mol. The highest BCUT2D eigenvalue weighted by Crippen LogP contribution is 2.26. The van der Waals surface area contributed by atoms with Crippen LogP contribution in [0.2, 0.25) is 0 Å². The molecule has 0 radical (unpaired) electrons. The van der Waals surface area contributed by atoms with E-state index in [0.29, 0.717) is 23.8 Å². The molecular weight excluding hydrogens is 340 g/mol. The fourth-order valence-corrected chi connectivity index (χ4v) is 2.92. The molecule has 0 unspecified atom stereocenters. The van der Waals surface area contributed by atoms with Crippen molar-refractivity contribution in [2.45, 2.75) is 38.6 Å². The molecule has 1 aromatic rings. The Kier molecular flexibility index (Phi) is 6.67. The fraction of sp³-hybridized carbons (Fsp3) is 0.556. The third-order valence-electron chi connectivity index (χ3n) is 4.78. The van der Waals surface area contributed by atoms with Gasteiger partial charge in [0.25, 0.3) is 5.91 Å². The third-order valence-corrected chi connectivity index (χ3v) is 4.78. The monoisotopic (exact) mass is 366 g/mol. The molecule has 0 spiro atoms. The molecule has 2 fully saturated rings. The van der Waals surface area contributed by atoms with Crippen LogP contribution in [0.1, 0.15) is 43.0 Å². The predicted octanol–water partition coefficient (Wildman–Crippen LogP) is 2.51. The fourth-order valence-electron chi connectivity index (χ4n) is 2.92. The largest absolute Gasteiger partial charge is 0.351 e. The lowest BCUT2D eigenvalue weighted by molar-refractivity contribution is 0.0922. The molecule has 7 heteroatoms. The normalized spacial score (nSPS) is 18.6. The first kappa shape index (κ1) is 19.5. The van der Waals surface area contributed by atoms with Gasteiger partial charge in [-0.2, -0.15) is 0 Å². The van der Waals surface area contributed by atoms with E-state index in [1.54, 1.807) is 24.3 Å². The van der Waals surface area contributed by atoms with Gasteiger partial charge in [0.05, 0.1) is 0 Å². The van der Waals surface area contributed by atoms with E-state index in [-0.39, 0.29) is 29.8 Å². The van der Waals surface area contributed by atoms with Crippen molar-refractivity contribution in [2.75, 3.05) is 25.0 Å². The molecule has 6 nitrogen and oxygen atoms in total. The highest BCUT2D eigenvalue weighted by Gasteiger charge is 2.27. The first-order chi connectivity index (χ1) is 11.5. The van der Waals surface area contributed by atoms with Crippen LogP contribution in [-0.2, 0) is 0 Å². The van der Waals surface area contributed by atoms with Gasteiger partial charge in [-0.15, -0.1) is 12.4 Å². The molecule has 25 heavy (non-hydrogen) atoms. The zero-order valence-electron chi connectivity index (χ0n) is 14.6. The topological polar surface area (TPSA) is 82.3 Å². The molecule has 3 rings (SSSR count). The Balaban J connectivity index is 0.00000225. The number of hydrogen-bond acceptors (Lipinski definition) is 3. The number of amides is 3. The molecular formula is C18H27ClN4O2. The summed E-state index contributed by atoms with van der Waals surface area (Å²) in [7, 11) is 0. The number of rotatable bonds is 5. The minimum Gasteiger partial charge on any atom is -0.351 e. The second-order valence-electron chi connectivity index (χ2n) is 7.20. The molecule has 3 amide bonds. The molecule has 1 aliphatic heterocycles. The van der Waals surface area contributed by atoms with E-state index in [1.165, 1.54) is 0 Å². The molecule has 4 N–H and O–H groups in total. The standard InChI is InChI=1S/C18H26N4O2.ClH/c1-18(7-9-19-10-8-18)12-20-16(23)13-3-2-4-15(11-13)22-17(24)21-14-5-6-14;/h2-4,11,14,19H,5-10,12H2,1H3,(H,20,23)(H2,21,22,24);1H. The quantitative estimate of drug-likeness (QED) is 0.646. The summed E-state index contributed by atoms with van der Waals surface area (Å²) in [6, 6.07) is 7.15. The Morgan fingerprint density at radius 1 is 1.24 bits per heavy atom. The van der Waals surface area contributed by atoms with Crippen molar-refractivity contribution in [3.63, 3.8) is 0 Å². The number of piperidine rings is 1. The minimum absolute atomic E-state index is 0. The molecule has 0 aromatic heterocycles. The Morgan fingerprint density at radius 2 is 1.96 bits per heavy atom. The third kappa shape index (κ3) is 5.90. The summed E-state index contributed by atoms with van der Waals surface area (Å²) in [5.74, 6) is -0.0963. The summed E-state index contributed by atoms with van der Waals surface area (Å²) in [6.45, 7) is 4.89. The number of anilines is 1. The second-order valence-corrected chi connectivity index (χ2v) is 7.20. The van der Waals surface area contributed by atoms with Gasteiger partial charge in [-0.05, 0) is 62.4 Å². The van der Waals surface area contributed by atoms with Crippen LogP contribution < -0.4 is 21.3 Å². The highest BCUT2D eigenvalue weighted by atomic mass is 35.5. The van der Waals surface area contributed by atoms with Crippen molar-refractivity contribution in [1.29, 1.82) is 0 Å². The van der Waals surface area contributed by atoms with Gasteiger partial charge in [0.15, 0.2) is 0 Å². The van der Waals surface area contributed by atoms with Crippen LogP contribution in [0.3, 0.4) is 0 Å². The lowest BCUT2D eigenvalue weighted by Crippen LogP contribution is -2.42. The molecule has 2 aliphatic rings. The van der Waals surface area contributed by atoms with Crippen LogP contribution >= 0.6 is 12.4 Å². The van der Waals surface area contributed by atoms with Crippen molar-refractivity contribution < 1.29 is 9.59 Å². The van der Waals surface area contributed by atoms with Gasteiger partial charge in [-0.1, -0.05) is 13.0 Å². The lowest BCUT2D eigenvalue weighted by atomic mass is 9.81. The summed E-state index contributed by atoms with van der Waals surface area (Å²) in [5.41, 5.74) is 1.35. The number of carbonyl (C=O) groups excluding carboxylic acids is 2. The van der Waals surface area contributed by atoms with Crippen molar-refractivity contribution >= 4 is 30.0 Å². The number of hydrogen-bond donors (Lipinski definition) is 4. The maximum Gasteiger partial charge on any atom is 0.319 e. The zero-order valence-corrected chi connectivity index (χ0v) is 15.4. The van der Waals surface area contributed by atoms with E-state index in [4.69, 9.17) is 0 Å². The number of benzene rings is 1. The summed E-state index contributed by atoms with van der Waals surface area (Å²) in [6.07, 6.45) is 4.22. The number of carbonyl (C=O) groups is 2. The zero-order chi connectivity index (χ0) is 17.0. The van der Waals surface area contributed by atoms with Crippen LogP contribution in [-0.4, -0.2) is 37.6 Å². The molecule has 1 aromatic carbocycles. The average molecular weight is 367 g/mol. The van der Waals surface area contributed by atoms with Crippen LogP contribution in [0.25, 0.3) is 0 Å². The second kappa shape index (κ2) is 8.54. The summed E-state index contributed by atoms with van der Waals surface area (Å²) >= 11 is 0. The maximum atomic E-state index is 12.4. The SMILES string of the molecule is CC1(CNC(=O)c2cccc(NC(=O)NC3CC3)c2)CCNCC1.Cl. The smallest absolute Gasteiger partial charge is 0.319 e. The van der Waals surface area contributed by atoms with Gasteiger partial charge >= 0.3 is 6.03 Å². The molecule has 1 heterocycles. The van der Waals surface area contributed by atoms with Crippen molar-refractivity contribution in [3.8, 4) is 0 Å². The molecule has 0 atom stereocenters. The van der Waals surface area contributed by atoms with Gasteiger partial charge in [0, 0.05) is 23.8 Å². The van der Waals surface area contributed by atoms with E-state index in [9.17, 15) is 9.59 Å². The number of halogens is 1. The van der Waals surface area contributed by atoms with Crippen molar-refractivity contribution in [2.24, 2.45) is 5.41 Å². The van der Waals surface area contributed by atoms with Crippen LogP contribution in [0.15, 0.2) is 24.3 Å². The first-order valence-corrected chi connectivity index (χ1v) is 8.71. The van der Waals surface area contributed by atoms with Gasteiger partial charge in [-0.3, -0.25) is 4.79 Å². The average Bonchev–Trinajstić information content (AvgIpc) is 3.37. The van der Waals surface area contributed by atoms with Gasteiger partial charge < -0.3 is 21.3 Å². The Hall–Kier alpha value is -1.79. The summed E-state index contributed by atoms with van der Waals surface area (Å²) in [4.78, 5) is 24.2. The van der Waals surface area contributed by atoms with Crippen LogP contribution in [0.4, 0.5) is 10.5 Å². The highest BCUT2D eigenvalue weighted by molar-refractivity contribution is 5.97. The molecule has 0 bridgehead atoms. The van der Waals surface area contributed by atoms with Crippen LogP contribution in [0.5, 0.6) is 0 Å². The molecule has 1 saturated heterocycles. The Labute approximate surface area is 154 Å². The summed E-state index contributed by atoms with van der Waals surface area (Å²) in [5, 5.41) is 12.0. The van der Waals surface area contributed by atoms with Crippen molar-refractivity contribution in [1.82, 2.24) is 16.0 Å². The van der Waals surface area contributed by atoms with E-state index in [0.717, 1.165) is 38.8 Å². The van der Waals surface area contributed by atoms with E-state index in [1.807, 2.05) is 0 Å². The van der Waals surface area contributed by atoms with E-state index < -0.39 is 0 Å². The van der Waals surface area contributed by atoms with Crippen molar-refractivity contribution in [3.05, 3.63) is 29.8 Å². The van der Waals surface area contributed by atoms with E-state index >= 15 is 0 Å². The molecule has 1 saturated carbocycles. The lowest BCUT2D eigenvalue weighted by Gasteiger charge is -2.34. The van der Waals surface area contributed by atoms with E-state index in [2.05, 4.69) is 28.2 Å². The Bertz CT molecular complexity index is 613. The van der Waals surface area contributed by atoms with Crippen LogP contribution in [0, 0.1) is 5.41 Å². The van der Waals surface area contributed by atoms with Gasteiger partial charge in [-0.25, -0.2) is 4.79 Å². The van der Waals surface area contributed by atoms with Gasteiger partial charge in [0.2, 0.25) is 0 Å². The number of nitrogens with one attached hydrogen (secondary N) is 4. The molecule has 1 aliphatic carbocycles. The van der Waals surface area contributed by atoms with Gasteiger partial charge in [0.1, 0.15) is 0 Å². The summed E-state index contributed by atoms with van der Waals surface area (Å²) < 4.78 is 0. The number of urea groups is 1. The molecule has 138 valence electrons. The Morgan fingerprint density at radius 3 is 2.64 bits per heavy atom.